The zero-order valence-electron chi connectivity index (χ0n) is 10.1. The summed E-state index contributed by atoms with van der Waals surface area (Å²) in [5, 5.41) is 12.2. The minimum atomic E-state index is -0.742. The van der Waals surface area contributed by atoms with Crippen LogP contribution in [-0.2, 0) is 19.1 Å². The molecule has 0 saturated carbocycles. The van der Waals surface area contributed by atoms with Crippen molar-refractivity contribution in [1.82, 2.24) is 10.2 Å². The van der Waals surface area contributed by atoms with Gasteiger partial charge in [-0.25, -0.2) is 4.79 Å². The molecule has 18 heavy (non-hydrogen) atoms. The summed E-state index contributed by atoms with van der Waals surface area (Å²) in [4.78, 5) is 36.1. The van der Waals surface area contributed by atoms with E-state index in [1.807, 2.05) is 0 Å². The lowest BCUT2D eigenvalue weighted by molar-refractivity contribution is -0.152. The molecule has 0 spiro atoms. The van der Waals surface area contributed by atoms with E-state index >= 15 is 0 Å². The standard InChI is InChI=1S/C11H16N2O5/c1-18-11(17)8-3-7(14)5-13(8)10(16)6-2-9(15)12-4-6/h6-8,14H,2-5H2,1H3,(H,12,15). The van der Waals surface area contributed by atoms with Gasteiger partial charge in [-0.3, -0.25) is 9.59 Å². The van der Waals surface area contributed by atoms with Gasteiger partial charge in [0.2, 0.25) is 11.8 Å². The Morgan fingerprint density at radius 1 is 1.50 bits per heavy atom. The fourth-order valence-corrected chi connectivity index (χ4v) is 2.43. The highest BCUT2D eigenvalue weighted by atomic mass is 16.5. The average molecular weight is 256 g/mol. The van der Waals surface area contributed by atoms with Crippen LogP contribution < -0.4 is 5.32 Å². The molecule has 100 valence electrons. The monoisotopic (exact) mass is 256 g/mol. The van der Waals surface area contributed by atoms with E-state index in [4.69, 9.17) is 0 Å². The number of carbonyl (C=O) groups excluding carboxylic acids is 3. The second kappa shape index (κ2) is 4.93. The Morgan fingerprint density at radius 2 is 2.22 bits per heavy atom. The number of rotatable bonds is 2. The van der Waals surface area contributed by atoms with Crippen molar-refractivity contribution in [2.75, 3.05) is 20.2 Å². The Balaban J connectivity index is 2.08. The topological polar surface area (TPSA) is 95.9 Å². The highest BCUT2D eigenvalue weighted by molar-refractivity contribution is 5.92. The molecule has 0 aromatic carbocycles. The summed E-state index contributed by atoms with van der Waals surface area (Å²) in [5.74, 6) is -1.42. The Bertz CT molecular complexity index is 384. The molecule has 7 nitrogen and oxygen atoms in total. The van der Waals surface area contributed by atoms with Crippen LogP contribution in [0.25, 0.3) is 0 Å². The van der Waals surface area contributed by atoms with Gasteiger partial charge in [0.15, 0.2) is 0 Å². The molecular weight excluding hydrogens is 240 g/mol. The summed E-state index contributed by atoms with van der Waals surface area (Å²) >= 11 is 0. The number of aliphatic hydroxyl groups is 1. The van der Waals surface area contributed by atoms with Crippen molar-refractivity contribution >= 4 is 17.8 Å². The third kappa shape index (κ3) is 2.31. The van der Waals surface area contributed by atoms with E-state index in [9.17, 15) is 19.5 Å². The summed E-state index contributed by atoms with van der Waals surface area (Å²) in [6.07, 6.45) is -0.394. The minimum absolute atomic E-state index is 0.114. The van der Waals surface area contributed by atoms with Crippen molar-refractivity contribution in [3.63, 3.8) is 0 Å². The van der Waals surface area contributed by atoms with Crippen LogP contribution in [0.5, 0.6) is 0 Å². The molecule has 3 unspecified atom stereocenters. The van der Waals surface area contributed by atoms with E-state index in [-0.39, 0.29) is 37.7 Å². The molecule has 2 fully saturated rings. The fraction of sp³-hybridized carbons (Fsp3) is 0.727. The molecule has 0 aromatic rings. The van der Waals surface area contributed by atoms with Crippen LogP contribution in [0.4, 0.5) is 0 Å². The fourth-order valence-electron chi connectivity index (χ4n) is 2.43. The zero-order valence-corrected chi connectivity index (χ0v) is 10.1. The predicted octanol–water partition coefficient (Wildman–Crippen LogP) is -1.74. The van der Waals surface area contributed by atoms with Gasteiger partial charge in [-0.05, 0) is 0 Å². The van der Waals surface area contributed by atoms with Gasteiger partial charge in [0, 0.05) is 25.9 Å². The molecule has 0 aliphatic carbocycles. The van der Waals surface area contributed by atoms with Crippen molar-refractivity contribution in [3.05, 3.63) is 0 Å². The predicted molar refractivity (Wildman–Crippen MR) is 59.3 cm³/mol. The summed E-state index contributed by atoms with van der Waals surface area (Å²) in [7, 11) is 1.25. The summed E-state index contributed by atoms with van der Waals surface area (Å²) < 4.78 is 4.62. The van der Waals surface area contributed by atoms with E-state index in [2.05, 4.69) is 10.1 Å². The van der Waals surface area contributed by atoms with Crippen molar-refractivity contribution in [2.24, 2.45) is 5.92 Å². The van der Waals surface area contributed by atoms with E-state index in [1.54, 1.807) is 0 Å². The number of likely N-dealkylation sites (tertiary alicyclic amines) is 1. The Morgan fingerprint density at radius 3 is 2.78 bits per heavy atom. The van der Waals surface area contributed by atoms with Gasteiger partial charge < -0.3 is 20.1 Å². The van der Waals surface area contributed by atoms with Gasteiger partial charge >= 0.3 is 5.97 Å². The molecule has 2 saturated heterocycles. The molecular formula is C11H16N2O5. The highest BCUT2D eigenvalue weighted by Crippen LogP contribution is 2.23. The van der Waals surface area contributed by atoms with E-state index in [0.29, 0.717) is 0 Å². The molecule has 0 aromatic heterocycles. The van der Waals surface area contributed by atoms with Crippen LogP contribution in [0, 0.1) is 5.92 Å². The van der Waals surface area contributed by atoms with E-state index in [1.165, 1.54) is 12.0 Å². The molecule has 2 heterocycles. The van der Waals surface area contributed by atoms with Gasteiger partial charge in [0.05, 0.1) is 19.1 Å². The molecule has 2 aliphatic rings. The number of esters is 1. The quantitative estimate of drug-likeness (QED) is 0.572. The van der Waals surface area contributed by atoms with Crippen LogP contribution in [-0.4, -0.2) is 60.1 Å². The zero-order chi connectivity index (χ0) is 13.3. The van der Waals surface area contributed by atoms with Gasteiger partial charge in [0.25, 0.3) is 0 Å². The van der Waals surface area contributed by atoms with Gasteiger partial charge in [-0.1, -0.05) is 0 Å². The molecule has 2 aliphatic heterocycles. The maximum absolute atomic E-state index is 12.2. The number of hydrogen-bond donors (Lipinski definition) is 2. The van der Waals surface area contributed by atoms with Crippen molar-refractivity contribution in [3.8, 4) is 0 Å². The molecule has 7 heteroatoms. The Kier molecular flexibility index (Phi) is 3.51. The number of aliphatic hydroxyl groups excluding tert-OH is 1. The average Bonchev–Trinajstić information content (AvgIpc) is 2.93. The maximum Gasteiger partial charge on any atom is 0.328 e. The van der Waals surface area contributed by atoms with Crippen LogP contribution in [0.1, 0.15) is 12.8 Å². The second-order valence-corrected chi connectivity index (χ2v) is 4.62. The largest absolute Gasteiger partial charge is 0.467 e. The molecule has 3 atom stereocenters. The van der Waals surface area contributed by atoms with E-state index < -0.39 is 24.0 Å². The number of hydrogen-bond acceptors (Lipinski definition) is 5. The number of carbonyl (C=O) groups is 3. The molecule has 2 N–H and O–H groups in total. The van der Waals surface area contributed by atoms with Crippen LogP contribution >= 0.6 is 0 Å². The SMILES string of the molecule is COC(=O)C1CC(O)CN1C(=O)C1CNC(=O)C1. The van der Waals surface area contributed by atoms with Crippen LogP contribution in [0.15, 0.2) is 0 Å². The first-order valence-corrected chi connectivity index (χ1v) is 5.86. The number of ether oxygens (including phenoxy) is 1. The lowest BCUT2D eigenvalue weighted by Gasteiger charge is -2.24. The summed E-state index contributed by atoms with van der Waals surface area (Å²) in [6.45, 7) is 0.404. The number of nitrogens with zero attached hydrogens (tertiary/aromatic N) is 1. The van der Waals surface area contributed by atoms with Crippen LogP contribution in [0.3, 0.4) is 0 Å². The number of β-amino-alcohol motifs (C(OH)–C–C–N with tert-alkyl or cyclic N) is 1. The van der Waals surface area contributed by atoms with Gasteiger partial charge in [0.1, 0.15) is 6.04 Å². The first-order chi connectivity index (χ1) is 8.52. The third-order valence-corrected chi connectivity index (χ3v) is 3.36. The van der Waals surface area contributed by atoms with E-state index in [0.717, 1.165) is 0 Å². The number of amides is 2. The normalized spacial score (nSPS) is 31.3. The smallest absolute Gasteiger partial charge is 0.328 e. The van der Waals surface area contributed by atoms with Crippen LogP contribution in [0.2, 0.25) is 0 Å². The highest BCUT2D eigenvalue weighted by Gasteiger charge is 2.43. The molecule has 0 bridgehead atoms. The lowest BCUT2D eigenvalue weighted by atomic mass is 10.1. The van der Waals surface area contributed by atoms with Crippen molar-refractivity contribution < 1.29 is 24.2 Å². The van der Waals surface area contributed by atoms with Crippen molar-refractivity contribution in [1.29, 1.82) is 0 Å². The Hall–Kier alpha value is -1.63. The summed E-state index contributed by atoms with van der Waals surface area (Å²) in [5.41, 5.74) is 0. The first-order valence-electron chi connectivity index (χ1n) is 5.86. The minimum Gasteiger partial charge on any atom is -0.467 e. The molecule has 2 rings (SSSR count). The maximum atomic E-state index is 12.2. The molecule has 2 amide bonds. The summed E-state index contributed by atoms with van der Waals surface area (Å²) in [6, 6.07) is -0.742. The first kappa shape index (κ1) is 12.8. The van der Waals surface area contributed by atoms with Gasteiger partial charge in [-0.15, -0.1) is 0 Å². The van der Waals surface area contributed by atoms with Crippen molar-refractivity contribution in [2.45, 2.75) is 25.0 Å². The lowest BCUT2D eigenvalue weighted by Crippen LogP contribution is -2.44. The number of nitrogens with one attached hydrogen (secondary N) is 1. The molecule has 0 radical (unpaired) electrons. The van der Waals surface area contributed by atoms with Gasteiger partial charge in [-0.2, -0.15) is 0 Å². The third-order valence-electron chi connectivity index (χ3n) is 3.36. The Labute approximate surface area is 104 Å². The second-order valence-electron chi connectivity index (χ2n) is 4.62. The number of methoxy groups -OCH3 is 1.